The summed E-state index contributed by atoms with van der Waals surface area (Å²) in [5.74, 6) is 3.21. The Bertz CT molecular complexity index is 3530. The highest BCUT2D eigenvalue weighted by Gasteiger charge is 2.41. The van der Waals surface area contributed by atoms with E-state index in [1.165, 1.54) is 20.7 Å². The Morgan fingerprint density at radius 2 is 0.603 bits per heavy atom. The number of fused-ring (bicyclic) bond motifs is 3. The third kappa shape index (κ3) is 7.17. The summed E-state index contributed by atoms with van der Waals surface area (Å²) >= 11 is 0. The van der Waals surface area contributed by atoms with E-state index in [1.807, 2.05) is 84.9 Å². The van der Waals surface area contributed by atoms with Crippen LogP contribution in [0.1, 0.15) is 0 Å². The molecule has 0 atom stereocenters. The second-order valence-corrected chi connectivity index (χ2v) is 20.5. The van der Waals surface area contributed by atoms with Gasteiger partial charge in [-0.3, -0.25) is 4.57 Å². The maximum atomic E-state index is 5.44. The number of benzene rings is 9. The van der Waals surface area contributed by atoms with Crippen LogP contribution < -0.4 is 20.7 Å². The Morgan fingerprint density at radius 3 is 1.09 bits per heavy atom. The van der Waals surface area contributed by atoms with Crippen molar-refractivity contribution in [2.75, 3.05) is 0 Å². The van der Waals surface area contributed by atoms with Crippen molar-refractivity contribution in [3.63, 3.8) is 0 Å². The number of rotatable bonds is 10. The van der Waals surface area contributed by atoms with E-state index in [9.17, 15) is 0 Å². The fraction of sp³-hybridized carbons (Fsp3) is 0. The average molecular weight is 888 g/mol. The third-order valence-corrected chi connectivity index (χ3v) is 17.5. The van der Waals surface area contributed by atoms with Crippen LogP contribution in [0.25, 0.3) is 84.7 Å². The van der Waals surface area contributed by atoms with E-state index in [-0.39, 0.29) is 0 Å². The largest absolute Gasteiger partial charge is 0.278 e. The van der Waals surface area contributed by atoms with Gasteiger partial charge in [0.1, 0.15) is 0 Å². The first-order chi connectivity index (χ1) is 33.7. The Labute approximate surface area is 394 Å². The average Bonchev–Trinajstić information content (AvgIpc) is 3.77. The standard InChI is InChI=1S/C60H41N7Si/c1-6-23-42(24-7-1)55-61-56(43-25-8-2-9-26-43)63-58(62-55)51-37-16-17-38-52(51)59-64-57(65-60(66-59)67-53-39-20-18-35-49(53)50-36-19-21-40-54(50)67)44-27-22-34-48(41-44)68(45-28-10-3-11-29-45,46-30-12-4-13-31-46)47-32-14-5-15-33-47/h1-41H. The van der Waals surface area contributed by atoms with E-state index >= 15 is 0 Å². The molecule has 0 radical (unpaired) electrons. The first-order valence-electron chi connectivity index (χ1n) is 22.7. The molecule has 0 bridgehead atoms. The van der Waals surface area contributed by atoms with Gasteiger partial charge in [0.05, 0.1) is 11.0 Å². The monoisotopic (exact) mass is 887 g/mol. The lowest BCUT2D eigenvalue weighted by Crippen LogP contribution is -2.74. The molecule has 0 spiro atoms. The van der Waals surface area contributed by atoms with E-state index in [2.05, 4.69) is 168 Å². The van der Waals surface area contributed by atoms with Crippen LogP contribution in [-0.4, -0.2) is 42.5 Å². The first-order valence-corrected chi connectivity index (χ1v) is 24.7. The second kappa shape index (κ2) is 17.4. The summed E-state index contributed by atoms with van der Waals surface area (Å²) in [7, 11) is -2.90. The van der Waals surface area contributed by atoms with Crippen LogP contribution in [0, 0.1) is 0 Å². The number of nitrogens with zero attached hydrogens (tertiary/aromatic N) is 7. The molecule has 12 rings (SSSR count). The minimum atomic E-state index is -2.90. The predicted octanol–water partition coefficient (Wildman–Crippen LogP) is 10.9. The van der Waals surface area contributed by atoms with Crippen molar-refractivity contribution in [3.05, 3.63) is 249 Å². The zero-order valence-corrected chi connectivity index (χ0v) is 37.8. The maximum Gasteiger partial charge on any atom is 0.238 e. The van der Waals surface area contributed by atoms with Gasteiger partial charge < -0.3 is 0 Å². The quantitative estimate of drug-likeness (QED) is 0.100. The van der Waals surface area contributed by atoms with Crippen LogP contribution in [0.3, 0.4) is 0 Å². The van der Waals surface area contributed by atoms with Crippen molar-refractivity contribution in [1.82, 2.24) is 34.5 Å². The van der Waals surface area contributed by atoms with Crippen molar-refractivity contribution >= 4 is 50.6 Å². The summed E-state index contributed by atoms with van der Waals surface area (Å²) in [5, 5.41) is 7.30. The molecule has 0 saturated carbocycles. The number of hydrogen-bond acceptors (Lipinski definition) is 6. The summed E-state index contributed by atoms with van der Waals surface area (Å²) in [6.07, 6.45) is 0. The Morgan fingerprint density at radius 1 is 0.265 bits per heavy atom. The molecule has 12 aromatic rings. The molecule has 68 heavy (non-hydrogen) atoms. The van der Waals surface area contributed by atoms with E-state index in [4.69, 9.17) is 29.9 Å². The van der Waals surface area contributed by atoms with Crippen LogP contribution >= 0.6 is 0 Å². The fourth-order valence-corrected chi connectivity index (χ4v) is 14.4. The summed E-state index contributed by atoms with van der Waals surface area (Å²) in [6.45, 7) is 0. The van der Waals surface area contributed by atoms with Gasteiger partial charge in [-0.15, -0.1) is 0 Å². The third-order valence-electron chi connectivity index (χ3n) is 12.7. The molecule has 0 unspecified atom stereocenters. The molecule has 320 valence electrons. The van der Waals surface area contributed by atoms with Gasteiger partial charge >= 0.3 is 0 Å². The lowest BCUT2D eigenvalue weighted by molar-refractivity contribution is 0.953. The van der Waals surface area contributed by atoms with E-state index in [0.29, 0.717) is 35.1 Å². The minimum Gasteiger partial charge on any atom is -0.278 e. The first kappa shape index (κ1) is 40.5. The Hall–Kier alpha value is -8.98. The normalized spacial score (nSPS) is 11.5. The van der Waals surface area contributed by atoms with Crippen LogP contribution in [0.15, 0.2) is 249 Å². The number of para-hydroxylation sites is 2. The molecule has 0 aliphatic heterocycles. The molecule has 0 aliphatic carbocycles. The van der Waals surface area contributed by atoms with Gasteiger partial charge in [-0.25, -0.2) is 19.9 Å². The van der Waals surface area contributed by atoms with Crippen molar-refractivity contribution < 1.29 is 0 Å². The topological polar surface area (TPSA) is 82.3 Å². The molecule has 8 heteroatoms. The molecule has 0 saturated heterocycles. The highest BCUT2D eigenvalue weighted by Crippen LogP contribution is 2.35. The van der Waals surface area contributed by atoms with E-state index in [1.54, 1.807) is 0 Å². The maximum absolute atomic E-state index is 5.44. The van der Waals surface area contributed by atoms with Crippen molar-refractivity contribution in [2.24, 2.45) is 0 Å². The van der Waals surface area contributed by atoms with Gasteiger partial charge in [-0.1, -0.05) is 237 Å². The lowest BCUT2D eigenvalue weighted by Gasteiger charge is -2.34. The van der Waals surface area contributed by atoms with E-state index < -0.39 is 8.07 Å². The predicted molar refractivity (Wildman–Crippen MR) is 278 cm³/mol. The van der Waals surface area contributed by atoms with Crippen LogP contribution in [0.2, 0.25) is 0 Å². The smallest absolute Gasteiger partial charge is 0.238 e. The van der Waals surface area contributed by atoms with Gasteiger partial charge in [0.2, 0.25) is 5.95 Å². The number of hydrogen-bond donors (Lipinski definition) is 0. The Balaban J connectivity index is 1.12. The Kier molecular flexibility index (Phi) is 10.4. The minimum absolute atomic E-state index is 0.494. The molecule has 0 N–H and O–H groups in total. The lowest BCUT2D eigenvalue weighted by atomic mass is 10.1. The number of aromatic nitrogens is 7. The summed E-state index contributed by atoms with van der Waals surface area (Å²) in [5.41, 5.74) is 6.20. The second-order valence-electron chi connectivity index (χ2n) is 16.7. The molecular formula is C60H41N7Si. The summed E-state index contributed by atoms with van der Waals surface area (Å²) in [6, 6.07) is 86.8. The highest BCUT2D eigenvalue weighted by atomic mass is 28.3. The molecular weight excluding hydrogens is 847 g/mol. The molecule has 0 aliphatic rings. The van der Waals surface area contributed by atoms with Crippen molar-refractivity contribution in [2.45, 2.75) is 0 Å². The fourth-order valence-electron chi connectivity index (χ4n) is 9.61. The van der Waals surface area contributed by atoms with Gasteiger partial charge in [-0.2, -0.15) is 9.97 Å². The molecule has 3 aromatic heterocycles. The summed E-state index contributed by atoms with van der Waals surface area (Å²) in [4.78, 5) is 31.6. The zero-order valence-electron chi connectivity index (χ0n) is 36.8. The zero-order chi connectivity index (χ0) is 45.3. The molecule has 9 aromatic carbocycles. The van der Waals surface area contributed by atoms with Gasteiger partial charge in [0.25, 0.3) is 0 Å². The van der Waals surface area contributed by atoms with E-state index in [0.717, 1.165) is 49.6 Å². The van der Waals surface area contributed by atoms with Crippen LogP contribution in [0.4, 0.5) is 0 Å². The summed E-state index contributed by atoms with van der Waals surface area (Å²) < 4.78 is 2.16. The van der Waals surface area contributed by atoms with Crippen LogP contribution in [-0.2, 0) is 0 Å². The van der Waals surface area contributed by atoms with Gasteiger partial charge in [0, 0.05) is 38.6 Å². The molecule has 3 heterocycles. The molecule has 0 fully saturated rings. The van der Waals surface area contributed by atoms with Gasteiger partial charge in [-0.05, 0) is 32.9 Å². The van der Waals surface area contributed by atoms with Crippen molar-refractivity contribution in [1.29, 1.82) is 0 Å². The SMILES string of the molecule is c1ccc(-c2nc(-c3ccccc3)nc(-c3ccccc3-c3nc(-c4cccc([Si](c5ccccc5)(c5ccccc5)c5ccccc5)c4)nc(-n4c5ccccc5c5ccccc54)n3)n2)cc1. The molecule has 0 amide bonds. The van der Waals surface area contributed by atoms with Crippen molar-refractivity contribution in [3.8, 4) is 62.9 Å². The molecule has 7 nitrogen and oxygen atoms in total. The van der Waals surface area contributed by atoms with Gasteiger partial charge in [0.15, 0.2) is 37.2 Å². The highest BCUT2D eigenvalue weighted by molar-refractivity contribution is 7.19. The van der Waals surface area contributed by atoms with Crippen LogP contribution in [0.5, 0.6) is 0 Å².